The largest absolute Gasteiger partial charge is 0.338 e. The number of non-ortho nitro benzene ring substituents is 1. The van der Waals surface area contributed by atoms with E-state index in [2.05, 4.69) is 10.1 Å². The van der Waals surface area contributed by atoms with Crippen LogP contribution in [0.1, 0.15) is 32.1 Å². The van der Waals surface area contributed by atoms with Gasteiger partial charge in [0.1, 0.15) is 0 Å². The number of hydrogen-bond acceptors (Lipinski definition) is 6. The topological polar surface area (TPSA) is 108 Å². The second kappa shape index (κ2) is 4.92. The number of nitro benzene ring substituents is 1. The normalized spacial score (nSPS) is 25.1. The predicted molar refractivity (Wildman–Crippen MR) is 75.6 cm³/mol. The first-order valence-electron chi connectivity index (χ1n) is 6.85. The molecule has 7 nitrogen and oxygen atoms in total. The van der Waals surface area contributed by atoms with Crippen LogP contribution in [-0.4, -0.2) is 21.1 Å². The van der Waals surface area contributed by atoms with E-state index in [4.69, 9.17) is 10.3 Å². The van der Waals surface area contributed by atoms with Crippen molar-refractivity contribution in [3.63, 3.8) is 0 Å². The Labute approximate surface area is 121 Å². The molecule has 0 spiro atoms. The van der Waals surface area contributed by atoms with Gasteiger partial charge in [-0.1, -0.05) is 23.7 Å². The Bertz CT molecular complexity index is 684. The summed E-state index contributed by atoms with van der Waals surface area (Å²) in [5.41, 5.74) is 6.39. The summed E-state index contributed by atoms with van der Waals surface area (Å²) < 4.78 is 5.37. The number of nitro groups is 1. The standard InChI is InChI=1S/C14H16N4O3/c1-14(7-3-6-11(14)15)13-16-12(17-21-13)9-4-2-5-10(8-9)18(19)20/h2,4-5,8,11H,3,6-7,15H2,1H3. The first kappa shape index (κ1) is 13.7. The van der Waals surface area contributed by atoms with Gasteiger partial charge in [-0.3, -0.25) is 10.1 Å². The van der Waals surface area contributed by atoms with Crippen molar-refractivity contribution in [3.8, 4) is 11.4 Å². The van der Waals surface area contributed by atoms with E-state index in [0.717, 1.165) is 19.3 Å². The first-order valence-corrected chi connectivity index (χ1v) is 6.85. The van der Waals surface area contributed by atoms with E-state index in [9.17, 15) is 10.1 Å². The maximum absolute atomic E-state index is 10.8. The highest BCUT2D eigenvalue weighted by Crippen LogP contribution is 2.39. The maximum Gasteiger partial charge on any atom is 0.270 e. The van der Waals surface area contributed by atoms with Crippen LogP contribution in [0.3, 0.4) is 0 Å². The SMILES string of the molecule is CC1(c2nc(-c3cccc([N+](=O)[O-])c3)no2)CCCC1N. The lowest BCUT2D eigenvalue weighted by Crippen LogP contribution is -2.38. The molecule has 2 N–H and O–H groups in total. The van der Waals surface area contributed by atoms with Crippen molar-refractivity contribution in [2.24, 2.45) is 5.73 Å². The van der Waals surface area contributed by atoms with Crippen LogP contribution in [0.4, 0.5) is 5.69 Å². The molecule has 2 atom stereocenters. The van der Waals surface area contributed by atoms with Gasteiger partial charge in [0.05, 0.1) is 10.3 Å². The first-order chi connectivity index (χ1) is 10.0. The molecule has 1 aromatic carbocycles. The molecule has 1 saturated carbocycles. The van der Waals surface area contributed by atoms with Gasteiger partial charge >= 0.3 is 0 Å². The lowest BCUT2D eigenvalue weighted by Gasteiger charge is -2.23. The molecule has 0 saturated heterocycles. The van der Waals surface area contributed by atoms with Crippen LogP contribution in [0.2, 0.25) is 0 Å². The van der Waals surface area contributed by atoms with Gasteiger partial charge in [0.15, 0.2) is 0 Å². The van der Waals surface area contributed by atoms with Gasteiger partial charge in [0, 0.05) is 23.7 Å². The second-order valence-corrected chi connectivity index (χ2v) is 5.65. The summed E-state index contributed by atoms with van der Waals surface area (Å²) in [5.74, 6) is 0.864. The minimum atomic E-state index is -0.446. The van der Waals surface area contributed by atoms with E-state index in [1.54, 1.807) is 12.1 Å². The molecular weight excluding hydrogens is 272 g/mol. The van der Waals surface area contributed by atoms with Crippen molar-refractivity contribution in [2.75, 3.05) is 0 Å². The van der Waals surface area contributed by atoms with Crippen molar-refractivity contribution >= 4 is 5.69 Å². The molecule has 1 aliphatic carbocycles. The molecule has 0 bridgehead atoms. The van der Waals surface area contributed by atoms with Crippen molar-refractivity contribution < 1.29 is 9.45 Å². The molecule has 0 radical (unpaired) electrons. The third-order valence-electron chi connectivity index (χ3n) is 4.26. The third kappa shape index (κ3) is 2.29. The average Bonchev–Trinajstić information content (AvgIpc) is 3.08. The van der Waals surface area contributed by atoms with Crippen LogP contribution in [-0.2, 0) is 5.41 Å². The Balaban J connectivity index is 1.95. The predicted octanol–water partition coefficient (Wildman–Crippen LogP) is 2.41. The maximum atomic E-state index is 10.8. The molecule has 0 aliphatic heterocycles. The van der Waals surface area contributed by atoms with Crippen LogP contribution in [0.5, 0.6) is 0 Å². The average molecular weight is 288 g/mol. The summed E-state index contributed by atoms with van der Waals surface area (Å²) in [5, 5.41) is 14.8. The molecular formula is C14H16N4O3. The number of rotatable bonds is 3. The van der Waals surface area contributed by atoms with E-state index in [1.807, 2.05) is 6.92 Å². The summed E-state index contributed by atoms with van der Waals surface area (Å²) in [6.45, 7) is 2.02. The fraction of sp³-hybridized carbons (Fsp3) is 0.429. The van der Waals surface area contributed by atoms with E-state index in [-0.39, 0.29) is 17.1 Å². The fourth-order valence-electron chi connectivity index (χ4n) is 2.79. The number of nitrogens with zero attached hydrogens (tertiary/aromatic N) is 3. The molecule has 2 unspecified atom stereocenters. The zero-order valence-corrected chi connectivity index (χ0v) is 11.7. The van der Waals surface area contributed by atoms with E-state index in [1.165, 1.54) is 12.1 Å². The van der Waals surface area contributed by atoms with Crippen LogP contribution >= 0.6 is 0 Å². The monoisotopic (exact) mass is 288 g/mol. The number of aromatic nitrogens is 2. The third-order valence-corrected chi connectivity index (χ3v) is 4.26. The minimum absolute atomic E-state index is 0.00243. The summed E-state index contributed by atoms with van der Waals surface area (Å²) in [6.07, 6.45) is 2.88. The van der Waals surface area contributed by atoms with Crippen LogP contribution < -0.4 is 5.73 Å². The smallest absolute Gasteiger partial charge is 0.270 e. The number of benzene rings is 1. The molecule has 7 heteroatoms. The zero-order chi connectivity index (χ0) is 15.0. The quantitative estimate of drug-likeness (QED) is 0.686. The molecule has 1 fully saturated rings. The van der Waals surface area contributed by atoms with Crippen LogP contribution in [0, 0.1) is 10.1 Å². The van der Waals surface area contributed by atoms with Crippen molar-refractivity contribution in [1.29, 1.82) is 0 Å². The highest BCUT2D eigenvalue weighted by atomic mass is 16.6. The summed E-state index contributed by atoms with van der Waals surface area (Å²) >= 11 is 0. The van der Waals surface area contributed by atoms with Gasteiger partial charge in [0.2, 0.25) is 11.7 Å². The van der Waals surface area contributed by atoms with Gasteiger partial charge in [-0.15, -0.1) is 0 Å². The van der Waals surface area contributed by atoms with Gasteiger partial charge in [0.25, 0.3) is 5.69 Å². The molecule has 1 aliphatic rings. The van der Waals surface area contributed by atoms with Crippen molar-refractivity contribution in [1.82, 2.24) is 10.1 Å². The highest BCUT2D eigenvalue weighted by Gasteiger charge is 2.42. The molecule has 0 amide bonds. The van der Waals surface area contributed by atoms with Crippen molar-refractivity contribution in [2.45, 2.75) is 37.6 Å². The zero-order valence-electron chi connectivity index (χ0n) is 11.7. The number of nitrogens with two attached hydrogens (primary N) is 1. The Morgan fingerprint density at radius 2 is 2.33 bits per heavy atom. The molecule has 21 heavy (non-hydrogen) atoms. The highest BCUT2D eigenvalue weighted by molar-refractivity contribution is 5.58. The summed E-state index contributed by atoms with van der Waals surface area (Å²) in [7, 11) is 0. The molecule has 110 valence electrons. The Kier molecular flexibility index (Phi) is 3.21. The molecule has 1 aromatic heterocycles. The van der Waals surface area contributed by atoms with Gasteiger partial charge < -0.3 is 10.3 Å². The van der Waals surface area contributed by atoms with Gasteiger partial charge in [-0.2, -0.15) is 4.98 Å². The summed E-state index contributed by atoms with van der Waals surface area (Å²) in [4.78, 5) is 14.8. The second-order valence-electron chi connectivity index (χ2n) is 5.65. The van der Waals surface area contributed by atoms with Crippen molar-refractivity contribution in [3.05, 3.63) is 40.3 Å². The lowest BCUT2D eigenvalue weighted by molar-refractivity contribution is -0.384. The molecule has 1 heterocycles. The number of hydrogen-bond donors (Lipinski definition) is 1. The van der Waals surface area contributed by atoms with Crippen LogP contribution in [0.15, 0.2) is 28.8 Å². The van der Waals surface area contributed by atoms with E-state index < -0.39 is 4.92 Å². The fourth-order valence-corrected chi connectivity index (χ4v) is 2.79. The Morgan fingerprint density at radius 3 is 3.00 bits per heavy atom. The summed E-state index contributed by atoms with van der Waals surface area (Å²) in [6, 6.07) is 6.19. The minimum Gasteiger partial charge on any atom is -0.338 e. The van der Waals surface area contributed by atoms with E-state index >= 15 is 0 Å². The van der Waals surface area contributed by atoms with E-state index in [0.29, 0.717) is 17.3 Å². The Morgan fingerprint density at radius 1 is 1.52 bits per heavy atom. The molecule has 3 rings (SSSR count). The lowest BCUT2D eigenvalue weighted by atomic mass is 9.85. The molecule has 2 aromatic rings. The van der Waals surface area contributed by atoms with Gasteiger partial charge in [-0.25, -0.2) is 0 Å². The van der Waals surface area contributed by atoms with Gasteiger partial charge in [-0.05, 0) is 19.8 Å². The van der Waals surface area contributed by atoms with Crippen LogP contribution in [0.25, 0.3) is 11.4 Å². The Hall–Kier alpha value is -2.28.